The smallest absolute Gasteiger partial charge is 0.370 e. The number of rotatable bonds is 4. The maximum atomic E-state index is 13.5. The zero-order chi connectivity index (χ0) is 24.7. The van der Waals surface area contributed by atoms with Gasteiger partial charge in [0, 0.05) is 6.20 Å². The molecule has 1 heterocycles. The van der Waals surface area contributed by atoms with Crippen LogP contribution in [0.3, 0.4) is 0 Å². The Kier molecular flexibility index (Phi) is 6.42. The first-order chi connectivity index (χ1) is 15.9. The van der Waals surface area contributed by atoms with Gasteiger partial charge in [-0.05, 0) is 72.9 Å². The van der Waals surface area contributed by atoms with Gasteiger partial charge >= 0.3 is 12.4 Å². The Morgan fingerprint density at radius 2 is 1.53 bits per heavy atom. The maximum absolute atomic E-state index is 13.5. The SMILES string of the molecule is C[C@@H](O[C@H]1CCc2cccnc2[C@@H]1c1ccc(F)cc1)c1cc(C(F)(F)F)cc(C(F)(F)F)c1. The molecule has 2 nitrogen and oxygen atoms in total. The highest BCUT2D eigenvalue weighted by Gasteiger charge is 2.38. The standard InChI is InChI=1S/C25H20F7NO/c1-14(17-11-18(24(27,28)29)13-19(12-17)25(30,31)32)34-21-9-6-16-3-2-10-33-23(16)22(21)15-4-7-20(26)8-5-15/h2-5,7-8,10-14,21-22H,6,9H2,1H3/t14-,21+,22-/m1/s1. The van der Waals surface area contributed by atoms with E-state index in [4.69, 9.17) is 4.74 Å². The summed E-state index contributed by atoms with van der Waals surface area (Å²) in [5, 5.41) is 0. The monoisotopic (exact) mass is 483 g/mol. The van der Waals surface area contributed by atoms with Crippen LogP contribution >= 0.6 is 0 Å². The number of aryl methyl sites for hydroxylation is 1. The minimum absolute atomic E-state index is 0.0955. The van der Waals surface area contributed by atoms with Crippen molar-refractivity contribution < 1.29 is 35.5 Å². The second kappa shape index (κ2) is 9.02. The third-order valence-corrected chi connectivity index (χ3v) is 5.98. The number of hydrogen-bond acceptors (Lipinski definition) is 2. The van der Waals surface area contributed by atoms with Gasteiger partial charge in [0.25, 0.3) is 0 Å². The summed E-state index contributed by atoms with van der Waals surface area (Å²) in [6.45, 7) is 1.42. The fourth-order valence-corrected chi connectivity index (χ4v) is 4.33. The Balaban J connectivity index is 1.70. The minimum atomic E-state index is -4.94. The predicted octanol–water partition coefficient (Wildman–Crippen LogP) is 7.48. The van der Waals surface area contributed by atoms with E-state index in [2.05, 4.69) is 4.98 Å². The van der Waals surface area contributed by atoms with E-state index in [0.717, 1.165) is 5.56 Å². The summed E-state index contributed by atoms with van der Waals surface area (Å²) in [6.07, 6.45) is -8.90. The molecule has 3 atom stereocenters. The van der Waals surface area contributed by atoms with Crippen LogP contribution in [0, 0.1) is 5.82 Å². The average Bonchev–Trinajstić information content (AvgIpc) is 2.78. The van der Waals surface area contributed by atoms with Crippen LogP contribution in [0.25, 0.3) is 0 Å². The molecule has 34 heavy (non-hydrogen) atoms. The lowest BCUT2D eigenvalue weighted by Crippen LogP contribution is -2.31. The molecule has 0 saturated carbocycles. The van der Waals surface area contributed by atoms with E-state index >= 15 is 0 Å². The van der Waals surface area contributed by atoms with Gasteiger partial charge in [-0.2, -0.15) is 26.3 Å². The maximum Gasteiger partial charge on any atom is 0.416 e. The lowest BCUT2D eigenvalue weighted by atomic mass is 9.79. The molecule has 0 spiro atoms. The molecule has 1 aliphatic rings. The van der Waals surface area contributed by atoms with E-state index in [0.29, 0.717) is 36.2 Å². The van der Waals surface area contributed by atoms with Crippen LogP contribution in [0.2, 0.25) is 0 Å². The second-order valence-corrected chi connectivity index (χ2v) is 8.27. The largest absolute Gasteiger partial charge is 0.416 e. The summed E-state index contributed by atoms with van der Waals surface area (Å²) in [4.78, 5) is 4.45. The number of nitrogens with zero attached hydrogens (tertiary/aromatic N) is 1. The van der Waals surface area contributed by atoms with E-state index in [-0.39, 0.29) is 11.6 Å². The van der Waals surface area contributed by atoms with Gasteiger partial charge in [0.05, 0.1) is 34.9 Å². The first-order valence-corrected chi connectivity index (χ1v) is 10.6. The van der Waals surface area contributed by atoms with Gasteiger partial charge < -0.3 is 4.74 Å². The lowest BCUT2D eigenvalue weighted by molar-refractivity contribution is -0.143. The Morgan fingerprint density at radius 3 is 2.12 bits per heavy atom. The van der Waals surface area contributed by atoms with Crippen LogP contribution < -0.4 is 0 Å². The van der Waals surface area contributed by atoms with Gasteiger partial charge in [0.1, 0.15) is 5.82 Å². The molecule has 180 valence electrons. The quantitative estimate of drug-likeness (QED) is 0.359. The minimum Gasteiger partial charge on any atom is -0.370 e. The van der Waals surface area contributed by atoms with Crippen LogP contribution in [0.1, 0.15) is 58.9 Å². The highest BCUT2D eigenvalue weighted by atomic mass is 19.4. The second-order valence-electron chi connectivity index (χ2n) is 8.27. The summed E-state index contributed by atoms with van der Waals surface area (Å²) < 4.78 is 99.4. The number of pyridine rings is 1. The van der Waals surface area contributed by atoms with E-state index in [1.54, 1.807) is 24.4 Å². The molecule has 0 fully saturated rings. The Labute approximate surface area is 191 Å². The van der Waals surface area contributed by atoms with Crippen molar-refractivity contribution in [1.82, 2.24) is 4.98 Å². The molecule has 9 heteroatoms. The van der Waals surface area contributed by atoms with Crippen molar-refractivity contribution in [2.24, 2.45) is 0 Å². The highest BCUT2D eigenvalue weighted by molar-refractivity contribution is 5.38. The van der Waals surface area contributed by atoms with Gasteiger partial charge in [-0.15, -0.1) is 0 Å². The number of alkyl halides is 6. The zero-order valence-electron chi connectivity index (χ0n) is 17.9. The van der Waals surface area contributed by atoms with Crippen molar-refractivity contribution in [3.05, 3.63) is 100 Å². The zero-order valence-corrected chi connectivity index (χ0v) is 17.9. The highest BCUT2D eigenvalue weighted by Crippen LogP contribution is 2.41. The summed E-state index contributed by atoms with van der Waals surface area (Å²) >= 11 is 0. The molecule has 0 amide bonds. The van der Waals surface area contributed by atoms with Crippen LogP contribution in [-0.2, 0) is 23.5 Å². The van der Waals surface area contributed by atoms with Crippen molar-refractivity contribution in [1.29, 1.82) is 0 Å². The third-order valence-electron chi connectivity index (χ3n) is 5.98. The molecule has 1 aromatic heterocycles. The third kappa shape index (κ3) is 5.09. The van der Waals surface area contributed by atoms with Gasteiger partial charge in [0.2, 0.25) is 0 Å². The number of hydrogen-bond donors (Lipinski definition) is 0. The van der Waals surface area contributed by atoms with Gasteiger partial charge in [0.15, 0.2) is 0 Å². The molecule has 2 aromatic carbocycles. The molecule has 0 saturated heterocycles. The fourth-order valence-electron chi connectivity index (χ4n) is 4.33. The fraction of sp³-hybridized carbons (Fsp3) is 0.320. The first kappa shape index (κ1) is 24.2. The number of fused-ring (bicyclic) bond motifs is 1. The molecule has 3 aromatic rings. The van der Waals surface area contributed by atoms with Crippen LogP contribution in [0.5, 0.6) is 0 Å². The molecule has 0 aliphatic heterocycles. The van der Waals surface area contributed by atoms with Gasteiger partial charge in [-0.1, -0.05) is 18.2 Å². The number of ether oxygens (including phenoxy) is 1. The predicted molar refractivity (Wildman–Crippen MR) is 111 cm³/mol. The molecule has 4 rings (SSSR count). The van der Waals surface area contributed by atoms with Crippen LogP contribution in [0.15, 0.2) is 60.8 Å². The molecule has 0 bridgehead atoms. The summed E-state index contributed by atoms with van der Waals surface area (Å²) in [6, 6.07) is 10.9. The summed E-state index contributed by atoms with van der Waals surface area (Å²) in [7, 11) is 0. The van der Waals surface area contributed by atoms with Crippen molar-refractivity contribution >= 4 is 0 Å². The van der Waals surface area contributed by atoms with E-state index < -0.39 is 47.4 Å². The van der Waals surface area contributed by atoms with Crippen molar-refractivity contribution in [2.75, 3.05) is 0 Å². The van der Waals surface area contributed by atoms with Crippen LogP contribution in [0.4, 0.5) is 30.7 Å². The molecule has 0 radical (unpaired) electrons. The Bertz CT molecular complexity index is 1120. The number of benzene rings is 2. The molecule has 0 N–H and O–H groups in total. The topological polar surface area (TPSA) is 22.1 Å². The molecule has 0 unspecified atom stereocenters. The summed E-state index contributed by atoms with van der Waals surface area (Å²) in [5.41, 5.74) is -0.664. The summed E-state index contributed by atoms with van der Waals surface area (Å²) in [5.74, 6) is -0.892. The Hall–Kier alpha value is -2.94. The van der Waals surface area contributed by atoms with Crippen molar-refractivity contribution in [3.63, 3.8) is 0 Å². The average molecular weight is 483 g/mol. The van der Waals surface area contributed by atoms with Gasteiger partial charge in [-0.25, -0.2) is 4.39 Å². The van der Waals surface area contributed by atoms with Crippen LogP contribution in [-0.4, -0.2) is 11.1 Å². The molecule has 1 aliphatic carbocycles. The van der Waals surface area contributed by atoms with Crippen molar-refractivity contribution in [2.45, 2.75) is 50.2 Å². The first-order valence-electron chi connectivity index (χ1n) is 10.6. The van der Waals surface area contributed by atoms with E-state index in [1.807, 2.05) is 6.07 Å². The number of halogens is 7. The van der Waals surface area contributed by atoms with Gasteiger partial charge in [-0.3, -0.25) is 4.98 Å². The Morgan fingerprint density at radius 1 is 0.912 bits per heavy atom. The lowest BCUT2D eigenvalue weighted by Gasteiger charge is -2.35. The van der Waals surface area contributed by atoms with E-state index in [9.17, 15) is 30.7 Å². The normalized spacial score (nSPS) is 19.5. The molecular weight excluding hydrogens is 463 g/mol. The van der Waals surface area contributed by atoms with E-state index in [1.165, 1.54) is 19.1 Å². The van der Waals surface area contributed by atoms with Crippen molar-refractivity contribution in [3.8, 4) is 0 Å². The number of aromatic nitrogens is 1. The molecular formula is C25H20F7NO.